The van der Waals surface area contributed by atoms with E-state index in [4.69, 9.17) is 4.98 Å². The highest BCUT2D eigenvalue weighted by atomic mass is 15.2. The normalized spacial score (nSPS) is 14.8. The molecule has 0 atom stereocenters. The molecule has 27 heavy (non-hydrogen) atoms. The van der Waals surface area contributed by atoms with Crippen molar-refractivity contribution in [2.24, 2.45) is 7.05 Å². The maximum Gasteiger partial charge on any atom is 0.129 e. The highest BCUT2D eigenvalue weighted by Crippen LogP contribution is 2.29. The van der Waals surface area contributed by atoms with Crippen molar-refractivity contribution in [3.63, 3.8) is 0 Å². The molecule has 0 spiro atoms. The van der Waals surface area contributed by atoms with E-state index in [-0.39, 0.29) is 0 Å². The first-order valence-electron chi connectivity index (χ1n) is 9.33. The first-order valence-corrected chi connectivity index (χ1v) is 9.33. The fourth-order valence-electron chi connectivity index (χ4n) is 3.68. The van der Waals surface area contributed by atoms with Crippen molar-refractivity contribution < 1.29 is 0 Å². The van der Waals surface area contributed by atoms with Gasteiger partial charge in [0.15, 0.2) is 0 Å². The molecule has 0 radical (unpaired) electrons. The third-order valence-electron chi connectivity index (χ3n) is 5.10. The van der Waals surface area contributed by atoms with Gasteiger partial charge in [0, 0.05) is 37.3 Å². The molecule has 0 aromatic carbocycles. The van der Waals surface area contributed by atoms with Crippen LogP contribution < -0.4 is 4.90 Å². The van der Waals surface area contributed by atoms with Crippen LogP contribution in [0.25, 0.3) is 33.5 Å². The van der Waals surface area contributed by atoms with Crippen LogP contribution >= 0.6 is 0 Å². The molecular weight excluding hydrogens is 338 g/mol. The summed E-state index contributed by atoms with van der Waals surface area (Å²) in [5.41, 5.74) is 4.51. The van der Waals surface area contributed by atoms with Crippen molar-refractivity contribution in [1.29, 1.82) is 0 Å². The Labute approximate surface area is 157 Å². The molecule has 0 unspecified atom stereocenters. The van der Waals surface area contributed by atoms with E-state index in [0.29, 0.717) is 0 Å². The summed E-state index contributed by atoms with van der Waals surface area (Å²) in [7, 11) is 1.90. The number of fused-ring (bicyclic) bond motifs is 1. The minimum Gasteiger partial charge on any atom is -0.357 e. The molecule has 1 N–H and O–H groups in total. The lowest BCUT2D eigenvalue weighted by atomic mass is 10.1. The van der Waals surface area contributed by atoms with Gasteiger partial charge in [-0.2, -0.15) is 10.2 Å². The van der Waals surface area contributed by atoms with Crippen LogP contribution in [0.5, 0.6) is 0 Å². The number of nitrogens with zero attached hydrogens (tertiary/aromatic N) is 6. The SMILES string of the molecule is Cn1cc(-c2cc3c(-c4cccc(N5CCCCC5)n4)n[nH]c3cn2)cn1. The Kier molecular flexibility index (Phi) is 3.85. The summed E-state index contributed by atoms with van der Waals surface area (Å²) in [5, 5.41) is 12.9. The summed E-state index contributed by atoms with van der Waals surface area (Å²) in [6.45, 7) is 2.15. The van der Waals surface area contributed by atoms with E-state index in [1.54, 1.807) is 4.68 Å². The van der Waals surface area contributed by atoms with Crippen molar-refractivity contribution in [2.45, 2.75) is 19.3 Å². The number of hydrogen-bond acceptors (Lipinski definition) is 5. The summed E-state index contributed by atoms with van der Waals surface area (Å²) < 4.78 is 1.78. The Hall–Kier alpha value is -3.22. The molecule has 0 saturated carbocycles. The van der Waals surface area contributed by atoms with E-state index in [9.17, 15) is 0 Å². The Bertz CT molecular complexity index is 1090. The van der Waals surface area contributed by atoms with Crippen molar-refractivity contribution in [3.8, 4) is 22.6 Å². The fourth-order valence-corrected chi connectivity index (χ4v) is 3.68. The maximum atomic E-state index is 4.90. The van der Waals surface area contributed by atoms with Crippen LogP contribution in [0.2, 0.25) is 0 Å². The molecule has 4 aromatic rings. The highest BCUT2D eigenvalue weighted by molar-refractivity contribution is 5.93. The van der Waals surface area contributed by atoms with E-state index in [1.165, 1.54) is 19.3 Å². The topological polar surface area (TPSA) is 75.5 Å². The van der Waals surface area contributed by atoms with Gasteiger partial charge in [-0.3, -0.25) is 14.8 Å². The molecule has 1 aliphatic rings. The Morgan fingerprint density at radius 2 is 1.93 bits per heavy atom. The highest BCUT2D eigenvalue weighted by Gasteiger charge is 2.16. The molecular formula is C20H21N7. The number of aryl methyl sites for hydroxylation is 1. The average molecular weight is 359 g/mol. The van der Waals surface area contributed by atoms with Crippen LogP contribution in [0, 0.1) is 0 Å². The zero-order valence-electron chi connectivity index (χ0n) is 15.3. The summed E-state index contributed by atoms with van der Waals surface area (Å²) in [5.74, 6) is 1.03. The fraction of sp³-hybridized carbons (Fsp3) is 0.300. The number of aromatic nitrogens is 6. The smallest absolute Gasteiger partial charge is 0.129 e. The Morgan fingerprint density at radius 3 is 2.74 bits per heavy atom. The molecule has 136 valence electrons. The van der Waals surface area contributed by atoms with E-state index in [0.717, 1.165) is 52.5 Å². The molecule has 1 aliphatic heterocycles. The summed E-state index contributed by atoms with van der Waals surface area (Å²) in [6, 6.07) is 8.23. The largest absolute Gasteiger partial charge is 0.357 e. The first-order chi connectivity index (χ1) is 13.3. The number of aromatic amines is 1. The van der Waals surface area contributed by atoms with Crippen molar-refractivity contribution in [3.05, 3.63) is 42.9 Å². The van der Waals surface area contributed by atoms with E-state index in [2.05, 4.69) is 43.4 Å². The Morgan fingerprint density at radius 1 is 1.04 bits per heavy atom. The van der Waals surface area contributed by atoms with Crippen molar-refractivity contribution in [1.82, 2.24) is 29.9 Å². The van der Waals surface area contributed by atoms with Gasteiger partial charge in [0.2, 0.25) is 0 Å². The molecule has 0 bridgehead atoms. The molecule has 1 fully saturated rings. The van der Waals surface area contributed by atoms with E-state index >= 15 is 0 Å². The van der Waals surface area contributed by atoms with Gasteiger partial charge in [0.05, 0.1) is 29.3 Å². The minimum absolute atomic E-state index is 0.858. The molecule has 5 heterocycles. The van der Waals surface area contributed by atoms with Gasteiger partial charge < -0.3 is 4.90 Å². The summed E-state index contributed by atoms with van der Waals surface area (Å²) in [4.78, 5) is 11.8. The summed E-state index contributed by atoms with van der Waals surface area (Å²) >= 11 is 0. The lowest BCUT2D eigenvalue weighted by molar-refractivity contribution is 0.573. The third-order valence-corrected chi connectivity index (χ3v) is 5.10. The second-order valence-electron chi connectivity index (χ2n) is 7.02. The third kappa shape index (κ3) is 2.95. The number of anilines is 1. The standard InChI is InChI=1S/C20H21N7/c1-26-13-14(11-22-26)17-10-15-18(12-21-17)24-25-20(15)16-6-5-7-19(23-16)27-8-3-2-4-9-27/h5-7,10-13H,2-4,8-9H2,1H3,(H,24,25). The number of rotatable bonds is 3. The van der Waals surface area contributed by atoms with Crippen LogP contribution in [0.1, 0.15) is 19.3 Å². The van der Waals surface area contributed by atoms with Crippen LogP contribution in [0.4, 0.5) is 5.82 Å². The Balaban J connectivity index is 1.56. The van der Waals surface area contributed by atoms with Gasteiger partial charge in [-0.1, -0.05) is 6.07 Å². The average Bonchev–Trinajstić information content (AvgIpc) is 3.34. The molecule has 5 rings (SSSR count). The molecule has 1 saturated heterocycles. The number of nitrogens with one attached hydrogen (secondary N) is 1. The van der Waals surface area contributed by atoms with Gasteiger partial charge in [0.1, 0.15) is 11.5 Å². The second-order valence-corrected chi connectivity index (χ2v) is 7.02. The van der Waals surface area contributed by atoms with Gasteiger partial charge in [0.25, 0.3) is 0 Å². The zero-order chi connectivity index (χ0) is 18.2. The molecule has 4 aromatic heterocycles. The first kappa shape index (κ1) is 16.0. The van der Waals surface area contributed by atoms with Crippen molar-refractivity contribution >= 4 is 16.7 Å². The number of H-pyrrole nitrogens is 1. The monoisotopic (exact) mass is 359 g/mol. The van der Waals surface area contributed by atoms with Gasteiger partial charge in [-0.15, -0.1) is 0 Å². The van der Waals surface area contributed by atoms with Crippen LogP contribution in [0.3, 0.4) is 0 Å². The maximum absolute atomic E-state index is 4.90. The molecule has 7 nitrogen and oxygen atoms in total. The predicted octanol–water partition coefficient (Wildman–Crippen LogP) is 3.41. The van der Waals surface area contributed by atoms with Crippen LogP contribution in [-0.2, 0) is 7.05 Å². The van der Waals surface area contributed by atoms with Gasteiger partial charge in [-0.05, 0) is 37.5 Å². The number of pyridine rings is 2. The lowest BCUT2D eigenvalue weighted by Gasteiger charge is -2.27. The van der Waals surface area contributed by atoms with Gasteiger partial charge >= 0.3 is 0 Å². The minimum atomic E-state index is 0.858. The second kappa shape index (κ2) is 6.50. The molecule has 0 aliphatic carbocycles. The number of piperidine rings is 1. The van der Waals surface area contributed by atoms with Crippen molar-refractivity contribution in [2.75, 3.05) is 18.0 Å². The van der Waals surface area contributed by atoms with Crippen LogP contribution in [-0.4, -0.2) is 43.0 Å². The molecule has 7 heteroatoms. The number of hydrogen-bond donors (Lipinski definition) is 1. The van der Waals surface area contributed by atoms with E-state index < -0.39 is 0 Å². The van der Waals surface area contributed by atoms with Gasteiger partial charge in [-0.25, -0.2) is 4.98 Å². The lowest BCUT2D eigenvalue weighted by Crippen LogP contribution is -2.30. The predicted molar refractivity (Wildman–Crippen MR) is 105 cm³/mol. The summed E-state index contributed by atoms with van der Waals surface area (Å²) in [6.07, 6.45) is 9.38. The molecule has 0 amide bonds. The van der Waals surface area contributed by atoms with E-state index in [1.807, 2.05) is 31.7 Å². The van der Waals surface area contributed by atoms with Crippen LogP contribution in [0.15, 0.2) is 42.9 Å². The quantitative estimate of drug-likeness (QED) is 0.607. The zero-order valence-corrected chi connectivity index (χ0v) is 15.3.